The molecule has 7 rings (SSSR count). The van der Waals surface area contributed by atoms with Gasteiger partial charge in [-0.25, -0.2) is 4.79 Å². The number of benzene rings is 5. The first-order chi connectivity index (χ1) is 23.5. The van der Waals surface area contributed by atoms with Gasteiger partial charge in [0, 0.05) is 36.2 Å². The van der Waals surface area contributed by atoms with E-state index < -0.39 is 5.97 Å². The van der Waals surface area contributed by atoms with Crippen LogP contribution in [-0.4, -0.2) is 11.1 Å². The number of hydrogen-bond acceptors (Lipinski definition) is 7. The van der Waals surface area contributed by atoms with Crippen LogP contribution >= 0.6 is 22.7 Å². The van der Waals surface area contributed by atoms with Gasteiger partial charge in [-0.05, 0) is 109 Å². The summed E-state index contributed by atoms with van der Waals surface area (Å²) in [5.41, 5.74) is 3.72. The minimum atomic E-state index is -1.23. The van der Waals surface area contributed by atoms with Gasteiger partial charge < -0.3 is 19.5 Å². The van der Waals surface area contributed by atoms with E-state index in [0.29, 0.717) is 0 Å². The quantitative estimate of drug-likeness (QED) is 0.116. The summed E-state index contributed by atoms with van der Waals surface area (Å²) in [5.74, 6) is 1.82. The summed E-state index contributed by atoms with van der Waals surface area (Å²) in [6, 6.07) is 49.7. The highest BCUT2D eigenvalue weighted by Crippen LogP contribution is 2.41. The Kier molecular flexibility index (Phi) is 8.70. The van der Waals surface area contributed by atoms with Gasteiger partial charge in [0.1, 0.15) is 34.6 Å². The summed E-state index contributed by atoms with van der Waals surface area (Å²) < 4.78 is 14.2. The van der Waals surface area contributed by atoms with Crippen molar-refractivity contribution in [3.8, 4) is 39.5 Å². The van der Waals surface area contributed by atoms with E-state index in [1.54, 1.807) is 17.4 Å². The first kappa shape index (κ1) is 30.5. The molecule has 2 aromatic heterocycles. The number of ether oxygens (including phenoxy) is 2. The van der Waals surface area contributed by atoms with Gasteiger partial charge in [0.2, 0.25) is 0 Å². The van der Waals surface area contributed by atoms with Gasteiger partial charge in [-0.1, -0.05) is 48.5 Å². The number of aliphatic carboxylic acids is 1. The van der Waals surface area contributed by atoms with E-state index in [1.165, 1.54) is 17.4 Å². The summed E-state index contributed by atoms with van der Waals surface area (Å²) in [6.07, 6.45) is 1.42. The van der Waals surface area contributed by atoms with Crippen molar-refractivity contribution in [1.82, 2.24) is 0 Å². The maximum absolute atomic E-state index is 11.3. The maximum atomic E-state index is 11.3. The Morgan fingerprint density at radius 1 is 0.625 bits per heavy atom. The number of anilines is 3. The van der Waals surface area contributed by atoms with Gasteiger partial charge in [0.15, 0.2) is 0 Å². The Labute approximate surface area is 285 Å². The summed E-state index contributed by atoms with van der Waals surface area (Å²) in [5, 5.41) is 18.3. The molecule has 0 bridgehead atoms. The molecule has 0 spiro atoms. The lowest BCUT2D eigenvalue weighted by molar-refractivity contribution is -0.132. The van der Waals surface area contributed by atoms with Crippen molar-refractivity contribution < 1.29 is 19.4 Å². The molecule has 0 saturated heterocycles. The summed E-state index contributed by atoms with van der Waals surface area (Å²) in [7, 11) is 0. The lowest BCUT2D eigenvalue weighted by Crippen LogP contribution is -2.09. The van der Waals surface area contributed by atoms with Crippen LogP contribution in [0.3, 0.4) is 0 Å². The topological polar surface area (TPSA) is 82.8 Å². The largest absolute Gasteiger partial charge is 0.477 e. The molecule has 0 atom stereocenters. The third kappa shape index (κ3) is 6.83. The second-order valence-electron chi connectivity index (χ2n) is 10.7. The number of rotatable bonds is 10. The molecule has 0 amide bonds. The molecule has 1 N–H and O–H groups in total. The fraction of sp³-hybridized carbons (Fsp3) is 0. The van der Waals surface area contributed by atoms with Crippen molar-refractivity contribution in [2.45, 2.75) is 0 Å². The van der Waals surface area contributed by atoms with Crippen LogP contribution in [0, 0.1) is 11.3 Å². The number of thiophene rings is 2. The molecule has 0 aliphatic heterocycles. The van der Waals surface area contributed by atoms with Gasteiger partial charge in [0.25, 0.3) is 0 Å². The fourth-order valence-electron chi connectivity index (χ4n) is 5.15. The molecule has 48 heavy (non-hydrogen) atoms. The number of fused-ring (bicyclic) bond motifs is 1. The maximum Gasteiger partial charge on any atom is 0.346 e. The summed E-state index contributed by atoms with van der Waals surface area (Å²) in [4.78, 5) is 15.3. The molecule has 0 unspecified atom stereocenters. The third-order valence-electron chi connectivity index (χ3n) is 7.42. The van der Waals surface area contributed by atoms with Crippen LogP contribution < -0.4 is 14.4 Å². The predicted molar refractivity (Wildman–Crippen MR) is 194 cm³/mol. The Hall–Kier alpha value is -6.14. The van der Waals surface area contributed by atoms with Gasteiger partial charge in [-0.2, -0.15) is 5.26 Å². The number of nitrogens with zero attached hydrogens (tertiary/aromatic N) is 2. The molecular formula is C40H26N2O4S2. The minimum Gasteiger partial charge on any atom is -0.477 e. The Balaban J connectivity index is 1.18. The number of nitriles is 1. The van der Waals surface area contributed by atoms with E-state index in [4.69, 9.17) is 14.7 Å². The molecule has 0 radical (unpaired) electrons. The smallest absolute Gasteiger partial charge is 0.346 e. The lowest BCUT2D eigenvalue weighted by Gasteiger charge is -2.26. The first-order valence-corrected chi connectivity index (χ1v) is 16.6. The van der Waals surface area contributed by atoms with Crippen molar-refractivity contribution >= 4 is 61.2 Å². The molecule has 0 aliphatic carbocycles. The highest BCUT2D eigenvalue weighted by atomic mass is 32.1. The predicted octanol–water partition coefficient (Wildman–Crippen LogP) is 11.7. The van der Waals surface area contributed by atoms with Gasteiger partial charge in [-0.3, -0.25) is 0 Å². The van der Waals surface area contributed by atoms with Crippen molar-refractivity contribution in [3.63, 3.8) is 0 Å². The summed E-state index contributed by atoms with van der Waals surface area (Å²) >= 11 is 3.11. The molecule has 0 saturated carbocycles. The van der Waals surface area contributed by atoms with Gasteiger partial charge in [0.05, 0.1) is 0 Å². The van der Waals surface area contributed by atoms with Crippen LogP contribution in [0.5, 0.6) is 23.0 Å². The lowest BCUT2D eigenvalue weighted by atomic mass is 10.1. The Morgan fingerprint density at radius 2 is 1.08 bits per heavy atom. The van der Waals surface area contributed by atoms with Crippen LogP contribution in [0.4, 0.5) is 17.1 Å². The molecule has 8 heteroatoms. The van der Waals surface area contributed by atoms with Gasteiger partial charge >= 0.3 is 5.97 Å². The Bertz CT molecular complexity index is 2140. The van der Waals surface area contributed by atoms with E-state index in [9.17, 15) is 9.90 Å². The molecule has 2 heterocycles. The van der Waals surface area contributed by atoms with Crippen molar-refractivity contribution in [2.24, 2.45) is 0 Å². The standard InChI is InChI=1S/C40H26N2O4S2/c41-26-28(40(43)44)23-36-24-38-39(47-36)25-37(48-38)27-11-13-29(14-12-27)42(30-15-19-34(20-16-30)45-32-7-3-1-4-8-32)31-17-21-35(22-18-31)46-33-9-5-2-6-10-33/h1-25H,(H,43,44)/b28-23-. The first-order valence-electron chi connectivity index (χ1n) is 15.0. The van der Waals surface area contributed by atoms with Crippen molar-refractivity contribution in [1.29, 1.82) is 5.26 Å². The zero-order chi connectivity index (χ0) is 32.9. The minimum absolute atomic E-state index is 0.277. The Morgan fingerprint density at radius 3 is 1.54 bits per heavy atom. The average Bonchev–Trinajstić information content (AvgIpc) is 3.69. The average molecular weight is 663 g/mol. The third-order valence-corrected chi connectivity index (χ3v) is 9.71. The monoisotopic (exact) mass is 662 g/mol. The number of carboxylic acid groups (broad SMARTS) is 1. The molecular weight excluding hydrogens is 637 g/mol. The van der Waals surface area contributed by atoms with E-state index in [0.717, 1.165) is 64.8 Å². The number of hydrogen-bond donors (Lipinski definition) is 1. The molecule has 5 aromatic carbocycles. The van der Waals surface area contributed by atoms with Crippen LogP contribution in [0.25, 0.3) is 25.9 Å². The number of carbonyl (C=O) groups is 1. The fourth-order valence-corrected chi connectivity index (χ4v) is 7.51. The zero-order valence-electron chi connectivity index (χ0n) is 25.3. The van der Waals surface area contributed by atoms with Crippen LogP contribution in [0.15, 0.2) is 151 Å². The summed E-state index contributed by atoms with van der Waals surface area (Å²) in [6.45, 7) is 0. The van der Waals surface area contributed by atoms with E-state index in [-0.39, 0.29) is 5.57 Å². The van der Waals surface area contributed by atoms with Crippen LogP contribution in [0.2, 0.25) is 0 Å². The zero-order valence-corrected chi connectivity index (χ0v) is 26.9. The van der Waals surface area contributed by atoms with E-state index >= 15 is 0 Å². The molecule has 232 valence electrons. The van der Waals surface area contributed by atoms with Gasteiger partial charge in [-0.15, -0.1) is 22.7 Å². The van der Waals surface area contributed by atoms with Crippen molar-refractivity contribution in [3.05, 3.63) is 156 Å². The SMILES string of the molecule is N#C/C(=C/c1cc2sc(-c3ccc(N(c4ccc(Oc5ccccc5)cc4)c4ccc(Oc5ccccc5)cc4)cc3)cc2s1)C(=O)O. The molecule has 0 fully saturated rings. The highest BCUT2D eigenvalue weighted by molar-refractivity contribution is 7.29. The second kappa shape index (κ2) is 13.7. The van der Waals surface area contributed by atoms with Crippen LogP contribution in [0.1, 0.15) is 4.88 Å². The van der Waals surface area contributed by atoms with Crippen LogP contribution in [-0.2, 0) is 4.79 Å². The van der Waals surface area contributed by atoms with E-state index in [2.05, 4.69) is 35.2 Å². The number of para-hydroxylation sites is 2. The number of carboxylic acids is 1. The highest BCUT2D eigenvalue weighted by Gasteiger charge is 2.15. The van der Waals surface area contributed by atoms with Crippen molar-refractivity contribution in [2.75, 3.05) is 4.90 Å². The normalized spacial score (nSPS) is 11.2. The molecule has 6 nitrogen and oxygen atoms in total. The molecule has 0 aliphatic rings. The van der Waals surface area contributed by atoms with E-state index in [1.807, 2.05) is 115 Å². The second-order valence-corrected chi connectivity index (χ2v) is 12.9. The molecule has 7 aromatic rings.